The van der Waals surface area contributed by atoms with Crippen LogP contribution in [0.15, 0.2) is 30.3 Å². The minimum Gasteiger partial charge on any atom is -0.352 e. The van der Waals surface area contributed by atoms with Crippen LogP contribution in [0.1, 0.15) is 10.5 Å². The summed E-state index contributed by atoms with van der Waals surface area (Å²) in [6.07, 6.45) is 5.19. The number of nitrogens with zero attached hydrogens (tertiary/aromatic N) is 1. The van der Waals surface area contributed by atoms with Gasteiger partial charge in [-0.3, -0.25) is 9.69 Å². The first-order valence-corrected chi connectivity index (χ1v) is 5.43. The van der Waals surface area contributed by atoms with Crippen molar-refractivity contribution in [3.8, 4) is 12.3 Å². The number of fused-ring (bicyclic) bond motifs is 1. The Bertz CT molecular complexity index is 544. The average molecular weight is 226 g/mol. The fourth-order valence-electron chi connectivity index (χ4n) is 1.77. The Balaban J connectivity index is 2.17. The summed E-state index contributed by atoms with van der Waals surface area (Å²) in [5, 5.41) is 1.05. The van der Waals surface area contributed by atoms with Gasteiger partial charge in [0.1, 0.15) is 0 Å². The number of carbonyl (C=O) groups is 1. The molecule has 0 radical (unpaired) electrons. The van der Waals surface area contributed by atoms with Crippen LogP contribution in [0.2, 0.25) is 0 Å². The van der Waals surface area contributed by atoms with E-state index >= 15 is 0 Å². The van der Waals surface area contributed by atoms with Crippen LogP contribution >= 0.6 is 0 Å². The maximum absolute atomic E-state index is 12.0. The van der Waals surface area contributed by atoms with E-state index in [-0.39, 0.29) is 5.78 Å². The SMILES string of the molecule is C#CCN(C)CC(=O)c1cc2ccccc2[nH]1. The maximum Gasteiger partial charge on any atom is 0.192 e. The van der Waals surface area contributed by atoms with E-state index in [1.165, 1.54) is 0 Å². The highest BCUT2D eigenvalue weighted by atomic mass is 16.1. The Morgan fingerprint density at radius 3 is 2.94 bits per heavy atom. The molecule has 2 rings (SSSR count). The normalized spacial score (nSPS) is 10.6. The predicted molar refractivity (Wildman–Crippen MR) is 69.0 cm³/mol. The number of para-hydroxylation sites is 1. The van der Waals surface area contributed by atoms with Gasteiger partial charge in [-0.15, -0.1) is 6.42 Å². The third-order valence-corrected chi connectivity index (χ3v) is 2.61. The highest BCUT2D eigenvalue weighted by Crippen LogP contribution is 2.15. The molecule has 0 aliphatic heterocycles. The number of aromatic nitrogens is 1. The van der Waals surface area contributed by atoms with E-state index in [9.17, 15) is 4.79 Å². The van der Waals surface area contributed by atoms with Crippen LogP contribution in [0.5, 0.6) is 0 Å². The van der Waals surface area contributed by atoms with Gasteiger partial charge in [0.2, 0.25) is 0 Å². The minimum absolute atomic E-state index is 0.0546. The molecule has 86 valence electrons. The largest absolute Gasteiger partial charge is 0.352 e. The summed E-state index contributed by atoms with van der Waals surface area (Å²) >= 11 is 0. The quantitative estimate of drug-likeness (QED) is 0.638. The Morgan fingerprint density at radius 2 is 2.24 bits per heavy atom. The molecule has 0 saturated carbocycles. The van der Waals surface area contributed by atoms with Crippen molar-refractivity contribution in [2.75, 3.05) is 20.1 Å². The van der Waals surface area contributed by atoms with Gasteiger partial charge >= 0.3 is 0 Å². The minimum atomic E-state index is 0.0546. The highest BCUT2D eigenvalue weighted by molar-refractivity contribution is 6.00. The number of aromatic amines is 1. The van der Waals surface area contributed by atoms with E-state index in [1.807, 2.05) is 42.3 Å². The maximum atomic E-state index is 12.0. The molecule has 0 amide bonds. The van der Waals surface area contributed by atoms with Gasteiger partial charge in [-0.2, -0.15) is 0 Å². The summed E-state index contributed by atoms with van der Waals surface area (Å²) in [5.74, 6) is 2.57. The van der Waals surface area contributed by atoms with Gasteiger partial charge in [-0.05, 0) is 19.2 Å². The molecular weight excluding hydrogens is 212 g/mol. The smallest absolute Gasteiger partial charge is 0.192 e. The molecule has 0 bridgehead atoms. The highest BCUT2D eigenvalue weighted by Gasteiger charge is 2.11. The molecule has 0 atom stereocenters. The van der Waals surface area contributed by atoms with Crippen molar-refractivity contribution in [1.82, 2.24) is 9.88 Å². The van der Waals surface area contributed by atoms with Crippen LogP contribution in [0.3, 0.4) is 0 Å². The molecule has 3 nitrogen and oxygen atoms in total. The van der Waals surface area contributed by atoms with Crippen molar-refractivity contribution in [2.24, 2.45) is 0 Å². The van der Waals surface area contributed by atoms with Gasteiger partial charge in [0.15, 0.2) is 5.78 Å². The second-order valence-electron chi connectivity index (χ2n) is 4.07. The zero-order valence-corrected chi connectivity index (χ0v) is 9.73. The van der Waals surface area contributed by atoms with Crippen molar-refractivity contribution in [3.63, 3.8) is 0 Å². The van der Waals surface area contributed by atoms with Gasteiger partial charge < -0.3 is 4.98 Å². The summed E-state index contributed by atoms with van der Waals surface area (Å²) in [6, 6.07) is 9.71. The number of terminal acetylenes is 1. The first-order valence-electron chi connectivity index (χ1n) is 5.43. The summed E-state index contributed by atoms with van der Waals surface area (Å²) in [6.45, 7) is 0.809. The van der Waals surface area contributed by atoms with Crippen molar-refractivity contribution in [1.29, 1.82) is 0 Å². The predicted octanol–water partition coefficient (Wildman–Crippen LogP) is 1.92. The molecule has 0 unspecified atom stereocenters. The third-order valence-electron chi connectivity index (χ3n) is 2.61. The lowest BCUT2D eigenvalue weighted by atomic mass is 10.2. The second kappa shape index (κ2) is 4.86. The molecule has 0 fully saturated rings. The topological polar surface area (TPSA) is 36.1 Å². The Hall–Kier alpha value is -2.05. The van der Waals surface area contributed by atoms with Crippen LogP contribution in [-0.4, -0.2) is 35.8 Å². The van der Waals surface area contributed by atoms with Crippen molar-refractivity contribution < 1.29 is 4.79 Å². The number of hydrogen-bond donors (Lipinski definition) is 1. The number of H-pyrrole nitrogens is 1. The van der Waals surface area contributed by atoms with E-state index in [4.69, 9.17) is 6.42 Å². The number of nitrogens with one attached hydrogen (secondary N) is 1. The Kier molecular flexibility index (Phi) is 3.27. The molecule has 17 heavy (non-hydrogen) atoms. The lowest BCUT2D eigenvalue weighted by molar-refractivity contribution is 0.0948. The molecule has 1 aromatic carbocycles. The number of hydrogen-bond acceptors (Lipinski definition) is 2. The second-order valence-corrected chi connectivity index (χ2v) is 4.07. The van der Waals surface area contributed by atoms with Crippen LogP contribution in [0.4, 0.5) is 0 Å². The molecule has 0 aliphatic carbocycles. The average Bonchev–Trinajstić information content (AvgIpc) is 2.72. The summed E-state index contributed by atoms with van der Waals surface area (Å²) in [4.78, 5) is 16.9. The number of carbonyl (C=O) groups excluding carboxylic acids is 1. The summed E-state index contributed by atoms with van der Waals surface area (Å²) in [7, 11) is 1.83. The van der Waals surface area contributed by atoms with Gasteiger partial charge in [0, 0.05) is 10.9 Å². The van der Waals surface area contributed by atoms with Crippen molar-refractivity contribution in [2.45, 2.75) is 0 Å². The fraction of sp³-hybridized carbons (Fsp3) is 0.214. The number of ketones is 1. The van der Waals surface area contributed by atoms with E-state index in [2.05, 4.69) is 10.9 Å². The monoisotopic (exact) mass is 226 g/mol. The van der Waals surface area contributed by atoms with E-state index in [0.717, 1.165) is 10.9 Å². The van der Waals surface area contributed by atoms with Crippen molar-refractivity contribution >= 4 is 16.7 Å². The number of Topliss-reactive ketones (excluding diaryl/α,β-unsaturated/α-hetero) is 1. The first kappa shape index (κ1) is 11.4. The zero-order valence-electron chi connectivity index (χ0n) is 9.73. The Morgan fingerprint density at radius 1 is 1.47 bits per heavy atom. The number of likely N-dealkylation sites (N-methyl/N-ethyl adjacent to an activating group) is 1. The molecule has 2 aromatic rings. The molecule has 3 heteroatoms. The molecule has 1 N–H and O–H groups in total. The van der Waals surface area contributed by atoms with E-state index < -0.39 is 0 Å². The number of rotatable bonds is 4. The van der Waals surface area contributed by atoms with Crippen LogP contribution in [0, 0.1) is 12.3 Å². The molecule has 0 saturated heterocycles. The molecule has 0 aliphatic rings. The summed E-state index contributed by atoms with van der Waals surface area (Å²) < 4.78 is 0. The van der Waals surface area contributed by atoms with E-state index in [0.29, 0.717) is 18.8 Å². The first-order chi connectivity index (χ1) is 8.20. The third kappa shape index (κ3) is 2.55. The van der Waals surface area contributed by atoms with E-state index in [1.54, 1.807) is 0 Å². The van der Waals surface area contributed by atoms with Gasteiger partial charge in [-0.1, -0.05) is 24.1 Å². The zero-order chi connectivity index (χ0) is 12.3. The fourth-order valence-corrected chi connectivity index (χ4v) is 1.77. The van der Waals surface area contributed by atoms with Gasteiger partial charge in [0.05, 0.1) is 18.8 Å². The van der Waals surface area contributed by atoms with Crippen LogP contribution in [-0.2, 0) is 0 Å². The summed E-state index contributed by atoms with van der Waals surface area (Å²) in [5.41, 5.74) is 1.62. The van der Waals surface area contributed by atoms with Crippen LogP contribution < -0.4 is 0 Å². The van der Waals surface area contributed by atoms with Gasteiger partial charge in [0.25, 0.3) is 0 Å². The van der Waals surface area contributed by atoms with Crippen LogP contribution in [0.25, 0.3) is 10.9 Å². The molecular formula is C14H14N2O. The Labute approximate surface area is 100 Å². The lowest BCUT2D eigenvalue weighted by Crippen LogP contribution is -2.26. The van der Waals surface area contributed by atoms with Crippen molar-refractivity contribution in [3.05, 3.63) is 36.0 Å². The van der Waals surface area contributed by atoms with Gasteiger partial charge in [-0.25, -0.2) is 0 Å². The lowest BCUT2D eigenvalue weighted by Gasteiger charge is -2.10. The number of benzene rings is 1. The standard InChI is InChI=1S/C14H14N2O/c1-3-8-16(2)10-14(17)13-9-11-6-4-5-7-12(11)15-13/h1,4-7,9,15H,8,10H2,2H3. The molecule has 1 heterocycles. The molecule has 1 aromatic heterocycles. The molecule has 0 spiro atoms.